The van der Waals surface area contributed by atoms with Crippen molar-refractivity contribution in [2.45, 2.75) is 19.3 Å². The lowest BCUT2D eigenvalue weighted by molar-refractivity contribution is 0.252. The highest BCUT2D eigenvalue weighted by atomic mass is 16.5. The van der Waals surface area contributed by atoms with Gasteiger partial charge in [-0.1, -0.05) is 12.1 Å². The SMILES string of the molecule is COc1ccc(CCCCNC(=O)Nc2ccc3ncc(-c4cnn(C)c4)nc3n2)cc1. The Morgan fingerprint density at radius 1 is 1.06 bits per heavy atom. The molecule has 0 aliphatic carbocycles. The van der Waals surface area contributed by atoms with Gasteiger partial charge in [-0.25, -0.2) is 14.8 Å². The van der Waals surface area contributed by atoms with Gasteiger partial charge < -0.3 is 10.1 Å². The molecule has 3 heterocycles. The molecule has 2 N–H and O–H groups in total. The first-order valence-electron chi connectivity index (χ1n) is 10.4. The standard InChI is InChI=1S/C23H25N7O2/c1-30-15-17(13-26-30)20-14-25-19-10-11-21(28-22(19)27-20)29-23(31)24-12-4-3-5-16-6-8-18(32-2)9-7-16/h6-11,13-15H,3-5,12H2,1-2H3,(H2,24,27,28,29,31). The van der Waals surface area contributed by atoms with E-state index in [9.17, 15) is 4.79 Å². The third kappa shape index (κ3) is 5.37. The average Bonchev–Trinajstić information content (AvgIpc) is 3.25. The lowest BCUT2D eigenvalue weighted by Crippen LogP contribution is -2.29. The molecule has 0 aliphatic rings. The number of unbranched alkanes of at least 4 members (excludes halogenated alkanes) is 1. The number of anilines is 1. The number of hydrogen-bond donors (Lipinski definition) is 2. The largest absolute Gasteiger partial charge is 0.497 e. The molecule has 0 unspecified atom stereocenters. The van der Waals surface area contributed by atoms with Gasteiger partial charge in [0.05, 0.1) is 25.2 Å². The van der Waals surface area contributed by atoms with E-state index in [1.54, 1.807) is 36.3 Å². The van der Waals surface area contributed by atoms with Crippen molar-refractivity contribution in [1.82, 2.24) is 30.0 Å². The zero-order valence-corrected chi connectivity index (χ0v) is 18.1. The number of methoxy groups -OCH3 is 1. The number of aryl methyl sites for hydroxylation is 2. The number of hydrogen-bond acceptors (Lipinski definition) is 6. The van der Waals surface area contributed by atoms with Crippen LogP contribution in [0.2, 0.25) is 0 Å². The molecule has 0 aliphatic heterocycles. The Bertz CT molecular complexity index is 1200. The Morgan fingerprint density at radius 2 is 1.91 bits per heavy atom. The van der Waals surface area contributed by atoms with Crippen molar-refractivity contribution < 1.29 is 9.53 Å². The van der Waals surface area contributed by atoms with Crippen LogP contribution in [0.1, 0.15) is 18.4 Å². The topological polar surface area (TPSA) is 107 Å². The molecule has 32 heavy (non-hydrogen) atoms. The molecule has 3 aromatic heterocycles. The van der Waals surface area contributed by atoms with Crippen LogP contribution in [0.4, 0.5) is 10.6 Å². The highest BCUT2D eigenvalue weighted by Crippen LogP contribution is 2.18. The number of nitrogens with zero attached hydrogens (tertiary/aromatic N) is 5. The van der Waals surface area contributed by atoms with Crippen LogP contribution in [0.25, 0.3) is 22.4 Å². The van der Waals surface area contributed by atoms with Gasteiger partial charge in [0.2, 0.25) is 0 Å². The molecular weight excluding hydrogens is 406 g/mol. The number of benzene rings is 1. The van der Waals surface area contributed by atoms with Gasteiger partial charge in [-0.2, -0.15) is 5.10 Å². The van der Waals surface area contributed by atoms with E-state index < -0.39 is 0 Å². The minimum absolute atomic E-state index is 0.294. The normalized spacial score (nSPS) is 10.8. The van der Waals surface area contributed by atoms with E-state index in [2.05, 4.69) is 42.8 Å². The van der Waals surface area contributed by atoms with Crippen molar-refractivity contribution in [2.24, 2.45) is 7.05 Å². The minimum Gasteiger partial charge on any atom is -0.497 e. The van der Waals surface area contributed by atoms with E-state index in [1.165, 1.54) is 5.56 Å². The fraction of sp³-hybridized carbons (Fsp3) is 0.261. The molecule has 0 atom stereocenters. The van der Waals surface area contributed by atoms with Gasteiger partial charge in [-0.05, 0) is 49.1 Å². The summed E-state index contributed by atoms with van der Waals surface area (Å²) in [6.45, 7) is 0.584. The van der Waals surface area contributed by atoms with E-state index in [1.807, 2.05) is 25.4 Å². The summed E-state index contributed by atoms with van der Waals surface area (Å²) in [7, 11) is 3.50. The van der Waals surface area contributed by atoms with Crippen molar-refractivity contribution in [2.75, 3.05) is 19.0 Å². The first-order valence-corrected chi connectivity index (χ1v) is 10.4. The predicted octanol–water partition coefficient (Wildman–Crippen LogP) is 3.58. The number of nitrogens with one attached hydrogen (secondary N) is 2. The summed E-state index contributed by atoms with van der Waals surface area (Å²) < 4.78 is 6.87. The van der Waals surface area contributed by atoms with Crippen LogP contribution >= 0.6 is 0 Å². The average molecular weight is 432 g/mol. The first kappa shape index (κ1) is 21.2. The first-order chi connectivity index (χ1) is 15.6. The van der Waals surface area contributed by atoms with E-state index >= 15 is 0 Å². The molecule has 1 aromatic carbocycles. The summed E-state index contributed by atoms with van der Waals surface area (Å²) in [5.74, 6) is 1.28. The van der Waals surface area contributed by atoms with Gasteiger partial charge in [0.1, 0.15) is 17.1 Å². The maximum Gasteiger partial charge on any atom is 0.320 e. The summed E-state index contributed by atoms with van der Waals surface area (Å²) in [6.07, 6.45) is 8.09. The second kappa shape index (κ2) is 9.86. The van der Waals surface area contributed by atoms with Crippen molar-refractivity contribution in [3.63, 3.8) is 0 Å². The monoisotopic (exact) mass is 431 g/mol. The smallest absolute Gasteiger partial charge is 0.320 e. The summed E-state index contributed by atoms with van der Waals surface area (Å²) in [5, 5.41) is 9.78. The number of pyridine rings is 1. The molecule has 4 aromatic rings. The van der Waals surface area contributed by atoms with Gasteiger partial charge >= 0.3 is 6.03 Å². The maximum absolute atomic E-state index is 12.2. The van der Waals surface area contributed by atoms with E-state index in [4.69, 9.17) is 4.74 Å². The number of amides is 2. The molecule has 0 saturated heterocycles. The number of urea groups is 1. The molecule has 0 spiro atoms. The van der Waals surface area contributed by atoms with Crippen molar-refractivity contribution in [1.29, 1.82) is 0 Å². The molecular formula is C23H25N7O2. The quantitative estimate of drug-likeness (QED) is 0.413. The Morgan fingerprint density at radius 3 is 2.66 bits per heavy atom. The van der Waals surface area contributed by atoms with E-state index in [0.717, 1.165) is 30.6 Å². The Labute approximate surface area is 185 Å². The summed E-state index contributed by atoms with van der Waals surface area (Å²) in [4.78, 5) is 25.6. The second-order valence-corrected chi connectivity index (χ2v) is 7.38. The van der Waals surface area contributed by atoms with Crippen LogP contribution in [0.5, 0.6) is 5.75 Å². The number of carbonyl (C=O) groups excluding carboxylic acids is 1. The number of aromatic nitrogens is 5. The molecule has 164 valence electrons. The minimum atomic E-state index is -0.294. The van der Waals surface area contributed by atoms with Crippen LogP contribution in [0.15, 0.2) is 55.0 Å². The molecule has 9 heteroatoms. The molecule has 0 bridgehead atoms. The summed E-state index contributed by atoms with van der Waals surface area (Å²) in [6, 6.07) is 11.2. The van der Waals surface area contributed by atoms with Crippen LogP contribution in [-0.2, 0) is 13.5 Å². The molecule has 0 saturated carbocycles. The zero-order valence-electron chi connectivity index (χ0n) is 18.1. The van der Waals surface area contributed by atoms with Crippen LogP contribution in [-0.4, -0.2) is 44.4 Å². The zero-order chi connectivity index (χ0) is 22.3. The highest BCUT2D eigenvalue weighted by molar-refractivity contribution is 5.89. The highest BCUT2D eigenvalue weighted by Gasteiger charge is 2.08. The van der Waals surface area contributed by atoms with Crippen molar-refractivity contribution in [3.8, 4) is 17.0 Å². The lowest BCUT2D eigenvalue weighted by atomic mass is 10.1. The van der Waals surface area contributed by atoms with Crippen LogP contribution in [0, 0.1) is 0 Å². The number of fused-ring (bicyclic) bond motifs is 1. The molecule has 0 fully saturated rings. The maximum atomic E-state index is 12.2. The lowest BCUT2D eigenvalue weighted by Gasteiger charge is -2.08. The van der Waals surface area contributed by atoms with Gasteiger partial charge in [-0.15, -0.1) is 0 Å². The van der Waals surface area contributed by atoms with Gasteiger partial charge in [0, 0.05) is 25.4 Å². The van der Waals surface area contributed by atoms with Gasteiger partial charge in [0.25, 0.3) is 0 Å². The fourth-order valence-electron chi connectivity index (χ4n) is 3.27. The molecule has 2 amide bonds. The number of ether oxygens (including phenoxy) is 1. The Hall–Kier alpha value is -4.01. The van der Waals surface area contributed by atoms with Gasteiger partial charge in [0.15, 0.2) is 5.65 Å². The Kier molecular flexibility index (Phi) is 6.54. The van der Waals surface area contributed by atoms with Crippen molar-refractivity contribution >= 4 is 23.0 Å². The second-order valence-electron chi connectivity index (χ2n) is 7.38. The molecule has 4 rings (SSSR count). The Balaban J connectivity index is 1.27. The predicted molar refractivity (Wildman–Crippen MR) is 122 cm³/mol. The summed E-state index contributed by atoms with van der Waals surface area (Å²) >= 11 is 0. The number of rotatable bonds is 8. The fourth-order valence-corrected chi connectivity index (χ4v) is 3.27. The third-order valence-electron chi connectivity index (χ3n) is 4.99. The van der Waals surface area contributed by atoms with E-state index in [-0.39, 0.29) is 6.03 Å². The van der Waals surface area contributed by atoms with Crippen molar-refractivity contribution in [3.05, 3.63) is 60.6 Å². The number of carbonyl (C=O) groups is 1. The van der Waals surface area contributed by atoms with Gasteiger partial charge in [-0.3, -0.25) is 15.0 Å². The molecule has 0 radical (unpaired) electrons. The van der Waals surface area contributed by atoms with Crippen LogP contribution in [0.3, 0.4) is 0 Å². The van der Waals surface area contributed by atoms with Crippen LogP contribution < -0.4 is 15.4 Å². The third-order valence-corrected chi connectivity index (χ3v) is 4.99. The summed E-state index contributed by atoms with van der Waals surface area (Å²) in [5.41, 5.74) is 3.90. The molecule has 9 nitrogen and oxygen atoms in total. The van der Waals surface area contributed by atoms with E-state index in [0.29, 0.717) is 29.2 Å².